The van der Waals surface area contributed by atoms with E-state index in [2.05, 4.69) is 11.9 Å². The van der Waals surface area contributed by atoms with E-state index in [9.17, 15) is 0 Å². The molecule has 0 aliphatic heterocycles. The van der Waals surface area contributed by atoms with Crippen LogP contribution in [0.15, 0.2) is 18.3 Å². The average molecular weight is 166 g/mol. The number of nitrogen functional groups attached to an aromatic ring is 1. The van der Waals surface area contributed by atoms with E-state index in [4.69, 9.17) is 10.5 Å². The van der Waals surface area contributed by atoms with Crippen molar-refractivity contribution in [1.29, 1.82) is 0 Å². The van der Waals surface area contributed by atoms with Gasteiger partial charge in [0.05, 0.1) is 6.10 Å². The van der Waals surface area contributed by atoms with E-state index in [0.717, 1.165) is 6.42 Å². The van der Waals surface area contributed by atoms with E-state index < -0.39 is 0 Å². The van der Waals surface area contributed by atoms with Crippen molar-refractivity contribution in [2.24, 2.45) is 0 Å². The van der Waals surface area contributed by atoms with E-state index in [1.807, 2.05) is 19.1 Å². The number of hydrogen-bond acceptors (Lipinski definition) is 3. The lowest BCUT2D eigenvalue weighted by Gasteiger charge is -2.12. The molecule has 1 atom stereocenters. The fourth-order valence-electron chi connectivity index (χ4n) is 0.803. The first kappa shape index (κ1) is 8.84. The minimum atomic E-state index is 0.191. The molecule has 0 radical (unpaired) electrons. The van der Waals surface area contributed by atoms with Gasteiger partial charge in [0.2, 0.25) is 0 Å². The normalized spacial score (nSPS) is 12.5. The van der Waals surface area contributed by atoms with Gasteiger partial charge < -0.3 is 10.5 Å². The highest BCUT2D eigenvalue weighted by atomic mass is 16.5. The van der Waals surface area contributed by atoms with Crippen LogP contribution in [-0.2, 0) is 0 Å². The molecule has 0 aromatic carbocycles. The van der Waals surface area contributed by atoms with Crippen molar-refractivity contribution in [1.82, 2.24) is 4.98 Å². The molecule has 0 saturated heterocycles. The maximum absolute atomic E-state index is 5.59. The fourth-order valence-corrected chi connectivity index (χ4v) is 0.803. The lowest BCUT2D eigenvalue weighted by Crippen LogP contribution is -2.11. The summed E-state index contributed by atoms with van der Waals surface area (Å²) in [6.07, 6.45) is 2.81. The Balaban J connectivity index is 2.69. The molecule has 1 unspecified atom stereocenters. The lowest BCUT2D eigenvalue weighted by atomic mass is 10.3. The summed E-state index contributed by atoms with van der Waals surface area (Å²) in [5.41, 5.74) is 5.59. The van der Waals surface area contributed by atoms with Crippen molar-refractivity contribution in [2.75, 3.05) is 5.73 Å². The average Bonchev–Trinajstić information content (AvgIpc) is 2.09. The van der Waals surface area contributed by atoms with Crippen LogP contribution >= 0.6 is 0 Å². The lowest BCUT2D eigenvalue weighted by molar-refractivity contribution is 0.218. The van der Waals surface area contributed by atoms with Crippen molar-refractivity contribution >= 4 is 5.82 Å². The highest BCUT2D eigenvalue weighted by Crippen LogP contribution is 2.18. The van der Waals surface area contributed by atoms with Crippen LogP contribution in [0, 0.1) is 0 Å². The molecular formula is C9H14N2O. The second kappa shape index (κ2) is 3.95. The van der Waals surface area contributed by atoms with Crippen LogP contribution in [0.25, 0.3) is 0 Å². The maximum Gasteiger partial charge on any atom is 0.166 e. The maximum atomic E-state index is 5.59. The molecule has 12 heavy (non-hydrogen) atoms. The number of aromatic nitrogens is 1. The molecule has 66 valence electrons. The summed E-state index contributed by atoms with van der Waals surface area (Å²) in [5, 5.41) is 0. The van der Waals surface area contributed by atoms with Crippen molar-refractivity contribution in [3.8, 4) is 5.75 Å². The Morgan fingerprint density at radius 1 is 1.67 bits per heavy atom. The summed E-state index contributed by atoms with van der Waals surface area (Å²) in [7, 11) is 0. The van der Waals surface area contributed by atoms with Crippen LogP contribution < -0.4 is 10.5 Å². The zero-order valence-corrected chi connectivity index (χ0v) is 7.45. The topological polar surface area (TPSA) is 48.1 Å². The van der Waals surface area contributed by atoms with Crippen LogP contribution in [0.1, 0.15) is 20.3 Å². The van der Waals surface area contributed by atoms with E-state index in [0.29, 0.717) is 11.6 Å². The third-order valence-electron chi connectivity index (χ3n) is 1.70. The molecule has 0 aliphatic carbocycles. The van der Waals surface area contributed by atoms with Gasteiger partial charge >= 0.3 is 0 Å². The summed E-state index contributed by atoms with van der Waals surface area (Å²) in [4.78, 5) is 3.92. The van der Waals surface area contributed by atoms with Crippen LogP contribution in [0.4, 0.5) is 5.82 Å². The van der Waals surface area contributed by atoms with Crippen molar-refractivity contribution in [2.45, 2.75) is 26.4 Å². The second-order valence-electron chi connectivity index (χ2n) is 2.72. The zero-order chi connectivity index (χ0) is 8.97. The predicted molar refractivity (Wildman–Crippen MR) is 49.0 cm³/mol. The van der Waals surface area contributed by atoms with E-state index in [1.165, 1.54) is 0 Å². The van der Waals surface area contributed by atoms with Gasteiger partial charge in [-0.15, -0.1) is 0 Å². The van der Waals surface area contributed by atoms with Crippen LogP contribution in [0.5, 0.6) is 5.75 Å². The molecule has 0 aliphatic rings. The minimum Gasteiger partial charge on any atom is -0.487 e. The summed E-state index contributed by atoms with van der Waals surface area (Å²) < 4.78 is 5.51. The van der Waals surface area contributed by atoms with E-state index >= 15 is 0 Å². The Hall–Kier alpha value is -1.25. The Morgan fingerprint density at radius 3 is 3.00 bits per heavy atom. The van der Waals surface area contributed by atoms with Gasteiger partial charge in [-0.25, -0.2) is 4.98 Å². The van der Waals surface area contributed by atoms with E-state index in [-0.39, 0.29) is 6.10 Å². The van der Waals surface area contributed by atoms with Gasteiger partial charge in [0.1, 0.15) is 0 Å². The van der Waals surface area contributed by atoms with Gasteiger partial charge in [-0.05, 0) is 25.5 Å². The van der Waals surface area contributed by atoms with Gasteiger partial charge in [0, 0.05) is 6.20 Å². The Kier molecular flexibility index (Phi) is 2.91. The van der Waals surface area contributed by atoms with Gasteiger partial charge in [-0.1, -0.05) is 6.92 Å². The second-order valence-corrected chi connectivity index (χ2v) is 2.72. The Labute approximate surface area is 72.6 Å². The number of nitrogens with zero attached hydrogens (tertiary/aromatic N) is 1. The largest absolute Gasteiger partial charge is 0.487 e. The van der Waals surface area contributed by atoms with Crippen molar-refractivity contribution < 1.29 is 4.74 Å². The number of pyridine rings is 1. The molecule has 0 saturated carbocycles. The Morgan fingerprint density at radius 2 is 2.42 bits per heavy atom. The van der Waals surface area contributed by atoms with Crippen molar-refractivity contribution in [3.05, 3.63) is 18.3 Å². The molecule has 1 heterocycles. The third kappa shape index (κ3) is 2.12. The highest BCUT2D eigenvalue weighted by Gasteiger charge is 2.03. The molecule has 0 fully saturated rings. The number of rotatable bonds is 3. The van der Waals surface area contributed by atoms with Gasteiger partial charge in [-0.2, -0.15) is 0 Å². The number of hydrogen-bond donors (Lipinski definition) is 1. The first-order chi connectivity index (χ1) is 5.74. The monoisotopic (exact) mass is 166 g/mol. The first-order valence-electron chi connectivity index (χ1n) is 4.11. The van der Waals surface area contributed by atoms with E-state index in [1.54, 1.807) is 6.20 Å². The number of anilines is 1. The third-order valence-corrected chi connectivity index (χ3v) is 1.70. The smallest absolute Gasteiger partial charge is 0.166 e. The molecule has 0 amide bonds. The molecule has 0 bridgehead atoms. The van der Waals surface area contributed by atoms with Gasteiger partial charge in [0.15, 0.2) is 11.6 Å². The summed E-state index contributed by atoms with van der Waals surface area (Å²) in [6.45, 7) is 4.07. The highest BCUT2D eigenvalue weighted by molar-refractivity contribution is 5.44. The summed E-state index contributed by atoms with van der Waals surface area (Å²) in [6, 6.07) is 3.64. The molecule has 3 heteroatoms. The number of nitrogens with two attached hydrogens (primary N) is 1. The van der Waals surface area contributed by atoms with Crippen LogP contribution in [0.3, 0.4) is 0 Å². The summed E-state index contributed by atoms with van der Waals surface area (Å²) >= 11 is 0. The standard InChI is InChI=1S/C9H14N2O/c1-3-7(2)12-8-5-4-6-11-9(8)10/h4-7H,3H2,1-2H3,(H2,10,11). The van der Waals surface area contributed by atoms with Crippen molar-refractivity contribution in [3.63, 3.8) is 0 Å². The molecule has 1 rings (SSSR count). The van der Waals surface area contributed by atoms with Crippen LogP contribution in [-0.4, -0.2) is 11.1 Å². The quantitative estimate of drug-likeness (QED) is 0.745. The predicted octanol–water partition coefficient (Wildman–Crippen LogP) is 1.84. The molecule has 1 aromatic rings. The Bertz CT molecular complexity index is 250. The fraction of sp³-hybridized carbons (Fsp3) is 0.444. The molecular weight excluding hydrogens is 152 g/mol. The van der Waals surface area contributed by atoms with Gasteiger partial charge in [-0.3, -0.25) is 0 Å². The molecule has 0 spiro atoms. The van der Waals surface area contributed by atoms with Crippen LogP contribution in [0.2, 0.25) is 0 Å². The van der Waals surface area contributed by atoms with Gasteiger partial charge in [0.25, 0.3) is 0 Å². The SMILES string of the molecule is CCC(C)Oc1cccnc1N. The summed E-state index contributed by atoms with van der Waals surface area (Å²) in [5.74, 6) is 1.13. The molecule has 3 nitrogen and oxygen atoms in total. The minimum absolute atomic E-state index is 0.191. The zero-order valence-electron chi connectivity index (χ0n) is 7.45. The number of ether oxygens (including phenoxy) is 1. The molecule has 2 N–H and O–H groups in total. The molecule has 1 aromatic heterocycles. The first-order valence-corrected chi connectivity index (χ1v) is 4.11.